The van der Waals surface area contributed by atoms with Crippen LogP contribution in [0.3, 0.4) is 0 Å². The van der Waals surface area contributed by atoms with Crippen LogP contribution in [0.2, 0.25) is 0 Å². The lowest BCUT2D eigenvalue weighted by molar-refractivity contribution is -0.114. The van der Waals surface area contributed by atoms with Crippen LogP contribution in [-0.2, 0) is 11.3 Å². The molecule has 0 spiro atoms. The van der Waals surface area contributed by atoms with Crippen LogP contribution >= 0.6 is 0 Å². The van der Waals surface area contributed by atoms with Crippen LogP contribution in [0.5, 0.6) is 11.5 Å². The second kappa shape index (κ2) is 9.54. The van der Waals surface area contributed by atoms with Gasteiger partial charge in [0.05, 0.1) is 7.11 Å². The van der Waals surface area contributed by atoms with Crippen molar-refractivity contribution in [2.45, 2.75) is 27.0 Å². The summed E-state index contributed by atoms with van der Waals surface area (Å²) in [4.78, 5) is 23.3. The molecule has 0 heterocycles. The molecule has 0 aliphatic heterocycles. The van der Waals surface area contributed by atoms with E-state index in [9.17, 15) is 18.4 Å². The zero-order valence-corrected chi connectivity index (χ0v) is 15.6. The Morgan fingerprint density at radius 2 is 1.82 bits per heavy atom. The fourth-order valence-corrected chi connectivity index (χ4v) is 2.40. The van der Waals surface area contributed by atoms with Gasteiger partial charge in [0.15, 0.2) is 11.5 Å². The number of amides is 3. The number of alkyl halides is 2. The van der Waals surface area contributed by atoms with Gasteiger partial charge in [-0.2, -0.15) is 8.78 Å². The summed E-state index contributed by atoms with van der Waals surface area (Å²) < 4.78 is 34.3. The van der Waals surface area contributed by atoms with Gasteiger partial charge >= 0.3 is 12.6 Å². The Labute approximate surface area is 161 Å². The number of hydrogen-bond acceptors (Lipinski definition) is 4. The standard InChI is InChI=1S/C19H21F2N3O4/c1-11-4-6-14(9-15(11)23-12(2)25)24-19(26)22-10-13-5-7-16(27-3)17(8-13)28-18(20)21/h4-9,18H,10H2,1-3H3,(H,23,25)(H2,22,24,26). The molecule has 9 heteroatoms. The molecule has 0 radical (unpaired) electrons. The van der Waals surface area contributed by atoms with E-state index < -0.39 is 12.6 Å². The van der Waals surface area contributed by atoms with Gasteiger partial charge < -0.3 is 25.4 Å². The van der Waals surface area contributed by atoms with Gasteiger partial charge in [-0.15, -0.1) is 0 Å². The molecule has 150 valence electrons. The highest BCUT2D eigenvalue weighted by Gasteiger charge is 2.12. The molecule has 0 unspecified atom stereocenters. The predicted molar refractivity (Wildman–Crippen MR) is 101 cm³/mol. The highest BCUT2D eigenvalue weighted by Crippen LogP contribution is 2.29. The number of halogens is 2. The van der Waals surface area contributed by atoms with Crippen molar-refractivity contribution in [2.24, 2.45) is 0 Å². The molecule has 3 N–H and O–H groups in total. The molecule has 0 fully saturated rings. The van der Waals surface area contributed by atoms with E-state index in [4.69, 9.17) is 4.74 Å². The Morgan fingerprint density at radius 3 is 2.46 bits per heavy atom. The lowest BCUT2D eigenvalue weighted by Gasteiger charge is -2.13. The summed E-state index contributed by atoms with van der Waals surface area (Å²) in [5.74, 6) is -0.166. The van der Waals surface area contributed by atoms with E-state index in [0.29, 0.717) is 16.9 Å². The monoisotopic (exact) mass is 393 g/mol. The van der Waals surface area contributed by atoms with Gasteiger partial charge in [-0.3, -0.25) is 4.79 Å². The molecule has 0 aromatic heterocycles. The zero-order valence-electron chi connectivity index (χ0n) is 15.6. The maximum atomic E-state index is 12.5. The number of urea groups is 1. The van der Waals surface area contributed by atoms with Gasteiger partial charge in [-0.1, -0.05) is 12.1 Å². The third-order valence-electron chi connectivity index (χ3n) is 3.70. The topological polar surface area (TPSA) is 88.7 Å². The summed E-state index contributed by atoms with van der Waals surface area (Å²) >= 11 is 0. The first-order chi connectivity index (χ1) is 13.3. The summed E-state index contributed by atoms with van der Waals surface area (Å²) in [7, 11) is 1.34. The van der Waals surface area contributed by atoms with Gasteiger partial charge in [-0.25, -0.2) is 4.79 Å². The third-order valence-corrected chi connectivity index (χ3v) is 3.70. The zero-order chi connectivity index (χ0) is 20.7. The molecule has 0 saturated heterocycles. The lowest BCUT2D eigenvalue weighted by Crippen LogP contribution is -2.28. The minimum atomic E-state index is -2.99. The molecular weight excluding hydrogens is 372 g/mol. The first-order valence-electron chi connectivity index (χ1n) is 8.33. The molecule has 2 aromatic rings. The molecule has 2 rings (SSSR count). The summed E-state index contributed by atoms with van der Waals surface area (Å²) in [6.07, 6.45) is 0. The number of nitrogens with one attached hydrogen (secondary N) is 3. The van der Waals surface area contributed by atoms with E-state index in [2.05, 4.69) is 20.7 Å². The van der Waals surface area contributed by atoms with Crippen molar-refractivity contribution >= 4 is 23.3 Å². The first-order valence-corrected chi connectivity index (χ1v) is 8.33. The molecule has 0 bridgehead atoms. The van der Waals surface area contributed by atoms with Gasteiger partial charge in [0.25, 0.3) is 0 Å². The highest BCUT2D eigenvalue weighted by molar-refractivity contribution is 5.93. The summed E-state index contributed by atoms with van der Waals surface area (Å²) in [6, 6.07) is 9.07. The molecule has 7 nitrogen and oxygen atoms in total. The third kappa shape index (κ3) is 6.11. The number of aryl methyl sites for hydroxylation is 1. The van der Waals surface area contributed by atoms with Crippen LogP contribution in [0.15, 0.2) is 36.4 Å². The van der Waals surface area contributed by atoms with E-state index in [1.807, 2.05) is 6.92 Å². The van der Waals surface area contributed by atoms with Crippen LogP contribution in [0.4, 0.5) is 25.0 Å². The molecular formula is C19H21F2N3O4. The SMILES string of the molecule is COc1ccc(CNC(=O)Nc2ccc(C)c(NC(C)=O)c2)cc1OC(F)F. The summed E-state index contributed by atoms with van der Waals surface area (Å²) in [5, 5.41) is 7.94. The number of methoxy groups -OCH3 is 1. The average Bonchev–Trinajstić information content (AvgIpc) is 2.62. The van der Waals surface area contributed by atoms with E-state index in [1.54, 1.807) is 24.3 Å². The van der Waals surface area contributed by atoms with Gasteiger partial charge in [0, 0.05) is 24.8 Å². The van der Waals surface area contributed by atoms with Crippen LogP contribution in [0, 0.1) is 6.92 Å². The first kappa shape index (κ1) is 20.9. The molecule has 28 heavy (non-hydrogen) atoms. The Balaban J connectivity index is 2.00. The molecule has 0 atom stereocenters. The maximum Gasteiger partial charge on any atom is 0.387 e. The average molecular weight is 393 g/mol. The van der Waals surface area contributed by atoms with Crippen molar-refractivity contribution in [1.82, 2.24) is 5.32 Å². The lowest BCUT2D eigenvalue weighted by atomic mass is 10.2. The number of benzene rings is 2. The van der Waals surface area contributed by atoms with Crippen molar-refractivity contribution in [3.05, 3.63) is 47.5 Å². The number of carbonyl (C=O) groups excluding carboxylic acids is 2. The minimum absolute atomic E-state index is 0.0832. The predicted octanol–water partition coefficient (Wildman–Crippen LogP) is 3.89. The molecule has 2 aromatic carbocycles. The smallest absolute Gasteiger partial charge is 0.387 e. The molecule has 0 saturated carbocycles. The number of rotatable bonds is 7. The summed E-state index contributed by atoms with van der Waals surface area (Å²) in [6.45, 7) is 0.324. The number of carbonyl (C=O) groups is 2. The van der Waals surface area contributed by atoms with Crippen molar-refractivity contribution < 1.29 is 27.8 Å². The highest BCUT2D eigenvalue weighted by atomic mass is 19.3. The van der Waals surface area contributed by atoms with Crippen molar-refractivity contribution in [1.29, 1.82) is 0 Å². The number of hydrogen-bond donors (Lipinski definition) is 3. The second-order valence-corrected chi connectivity index (χ2v) is 5.88. The van der Waals surface area contributed by atoms with E-state index in [0.717, 1.165) is 5.56 Å². The van der Waals surface area contributed by atoms with E-state index in [1.165, 1.54) is 26.2 Å². The minimum Gasteiger partial charge on any atom is -0.493 e. The molecule has 3 amide bonds. The van der Waals surface area contributed by atoms with Crippen LogP contribution in [-0.4, -0.2) is 25.7 Å². The fraction of sp³-hybridized carbons (Fsp3) is 0.263. The fourth-order valence-electron chi connectivity index (χ4n) is 2.40. The van der Waals surface area contributed by atoms with Crippen LogP contribution < -0.4 is 25.4 Å². The quantitative estimate of drug-likeness (QED) is 0.666. The maximum absolute atomic E-state index is 12.5. The van der Waals surface area contributed by atoms with Crippen molar-refractivity contribution in [3.63, 3.8) is 0 Å². The van der Waals surface area contributed by atoms with Crippen LogP contribution in [0.1, 0.15) is 18.1 Å². The molecule has 0 aliphatic carbocycles. The second-order valence-electron chi connectivity index (χ2n) is 5.88. The largest absolute Gasteiger partial charge is 0.493 e. The Morgan fingerprint density at radius 1 is 1.07 bits per heavy atom. The van der Waals surface area contributed by atoms with Gasteiger partial charge in [0.2, 0.25) is 5.91 Å². The molecule has 0 aliphatic rings. The van der Waals surface area contributed by atoms with Crippen molar-refractivity contribution in [3.8, 4) is 11.5 Å². The number of anilines is 2. The van der Waals surface area contributed by atoms with E-state index >= 15 is 0 Å². The van der Waals surface area contributed by atoms with Crippen LogP contribution in [0.25, 0.3) is 0 Å². The van der Waals surface area contributed by atoms with Crippen molar-refractivity contribution in [2.75, 3.05) is 17.7 Å². The summed E-state index contributed by atoms with van der Waals surface area (Å²) in [5.41, 5.74) is 2.48. The normalized spacial score (nSPS) is 10.4. The van der Waals surface area contributed by atoms with Gasteiger partial charge in [-0.05, 0) is 42.3 Å². The number of ether oxygens (including phenoxy) is 2. The Kier molecular flexibility index (Phi) is 7.14. The Bertz CT molecular complexity index is 859. The van der Waals surface area contributed by atoms with Gasteiger partial charge in [0.1, 0.15) is 0 Å². The Hall–Kier alpha value is -3.36. The van der Waals surface area contributed by atoms with E-state index in [-0.39, 0.29) is 24.0 Å².